The fraction of sp³-hybridized carbons (Fsp3) is 0.400. The van der Waals surface area contributed by atoms with Crippen molar-refractivity contribution >= 4 is 17.4 Å². The minimum absolute atomic E-state index is 0.0789. The highest BCUT2D eigenvalue weighted by Crippen LogP contribution is 2.39. The van der Waals surface area contributed by atoms with Crippen LogP contribution >= 0.6 is 0 Å². The number of ether oxygens (including phenoxy) is 2. The summed E-state index contributed by atoms with van der Waals surface area (Å²) in [5.74, 6) is -0.788. The van der Waals surface area contributed by atoms with Gasteiger partial charge in [0.25, 0.3) is 11.7 Å². The first kappa shape index (κ1) is 23.5. The molecule has 1 aromatic carbocycles. The molecule has 1 aromatic heterocycles. The number of hydrogen-bond acceptors (Lipinski definition) is 6. The van der Waals surface area contributed by atoms with Crippen LogP contribution in [0.3, 0.4) is 0 Å². The monoisotopic (exact) mass is 438 g/mol. The normalized spacial score (nSPS) is 17.7. The lowest BCUT2D eigenvalue weighted by Gasteiger charge is -2.25. The first-order chi connectivity index (χ1) is 15.6. The number of benzene rings is 1. The van der Waals surface area contributed by atoms with Gasteiger partial charge in [-0.1, -0.05) is 31.9 Å². The molecular formula is C25H30N2O5. The second kappa shape index (κ2) is 11.4. The van der Waals surface area contributed by atoms with Crippen LogP contribution < -0.4 is 4.74 Å². The first-order valence-electron chi connectivity index (χ1n) is 11.0. The molecule has 3 rings (SSSR count). The van der Waals surface area contributed by atoms with Crippen LogP contribution in [0.4, 0.5) is 0 Å². The van der Waals surface area contributed by atoms with Crippen molar-refractivity contribution in [2.45, 2.75) is 38.6 Å². The molecule has 0 bridgehead atoms. The molecule has 170 valence electrons. The Labute approximate surface area is 188 Å². The fourth-order valence-corrected chi connectivity index (χ4v) is 3.79. The van der Waals surface area contributed by atoms with Crippen LogP contribution in [0.5, 0.6) is 5.75 Å². The van der Waals surface area contributed by atoms with Crippen LogP contribution in [0.2, 0.25) is 0 Å². The third kappa shape index (κ3) is 5.34. The number of hydrogen-bond donors (Lipinski definition) is 1. The van der Waals surface area contributed by atoms with E-state index in [9.17, 15) is 14.7 Å². The smallest absolute Gasteiger partial charge is 0.295 e. The summed E-state index contributed by atoms with van der Waals surface area (Å²) in [5.41, 5.74) is 1.25. The Morgan fingerprint density at radius 3 is 2.41 bits per heavy atom. The summed E-state index contributed by atoms with van der Waals surface area (Å²) in [6, 6.07) is 9.89. The maximum Gasteiger partial charge on any atom is 0.295 e. The van der Waals surface area contributed by atoms with E-state index in [1.165, 1.54) is 17.3 Å². The molecule has 1 fully saturated rings. The van der Waals surface area contributed by atoms with E-state index in [4.69, 9.17) is 9.47 Å². The molecule has 2 aromatic rings. The third-order valence-electron chi connectivity index (χ3n) is 5.45. The molecule has 1 saturated heterocycles. The number of rotatable bonds is 11. The largest absolute Gasteiger partial charge is 0.507 e. The molecule has 0 radical (unpaired) electrons. The Morgan fingerprint density at radius 1 is 1.03 bits per heavy atom. The molecule has 1 aliphatic heterocycles. The van der Waals surface area contributed by atoms with Crippen molar-refractivity contribution in [2.24, 2.45) is 0 Å². The Kier molecular flexibility index (Phi) is 8.39. The van der Waals surface area contributed by atoms with Gasteiger partial charge in [-0.15, -0.1) is 0 Å². The summed E-state index contributed by atoms with van der Waals surface area (Å²) in [5, 5.41) is 11.0. The number of aromatic nitrogens is 1. The van der Waals surface area contributed by atoms with Gasteiger partial charge in [-0.25, -0.2) is 0 Å². The predicted molar refractivity (Wildman–Crippen MR) is 121 cm³/mol. The van der Waals surface area contributed by atoms with E-state index in [2.05, 4.69) is 11.9 Å². The number of unbranched alkanes of at least 4 members (excludes halogenated alkanes) is 2. The van der Waals surface area contributed by atoms with E-state index in [0.29, 0.717) is 31.7 Å². The van der Waals surface area contributed by atoms with Crippen LogP contribution in [0, 0.1) is 0 Å². The Hall–Kier alpha value is -3.19. The molecule has 0 aliphatic carbocycles. The van der Waals surface area contributed by atoms with E-state index in [1.54, 1.807) is 19.2 Å². The summed E-state index contributed by atoms with van der Waals surface area (Å²) >= 11 is 0. The highest BCUT2D eigenvalue weighted by molar-refractivity contribution is 6.46. The molecule has 2 heterocycles. The molecule has 7 nitrogen and oxygen atoms in total. The lowest BCUT2D eigenvalue weighted by Crippen LogP contribution is -2.31. The summed E-state index contributed by atoms with van der Waals surface area (Å²) in [6.45, 7) is 3.59. The van der Waals surface area contributed by atoms with E-state index in [1.807, 2.05) is 24.3 Å². The van der Waals surface area contributed by atoms with Gasteiger partial charge in [0, 0.05) is 38.2 Å². The first-order valence-corrected chi connectivity index (χ1v) is 11.0. The average Bonchev–Trinajstić information content (AvgIpc) is 3.07. The van der Waals surface area contributed by atoms with E-state index in [-0.39, 0.29) is 11.3 Å². The van der Waals surface area contributed by atoms with Crippen molar-refractivity contribution in [3.8, 4) is 5.75 Å². The number of pyridine rings is 1. The topological polar surface area (TPSA) is 89.0 Å². The van der Waals surface area contributed by atoms with E-state index < -0.39 is 17.7 Å². The van der Waals surface area contributed by atoms with Gasteiger partial charge in [0.05, 0.1) is 18.2 Å². The minimum atomic E-state index is -0.693. The molecule has 0 saturated carbocycles. The van der Waals surface area contributed by atoms with Crippen LogP contribution in [0.15, 0.2) is 54.4 Å². The Morgan fingerprint density at radius 2 is 1.75 bits per heavy atom. The minimum Gasteiger partial charge on any atom is -0.507 e. The number of aliphatic hydroxyl groups is 1. The van der Waals surface area contributed by atoms with Gasteiger partial charge in [0.2, 0.25) is 0 Å². The Balaban J connectivity index is 1.94. The summed E-state index contributed by atoms with van der Waals surface area (Å²) < 4.78 is 10.9. The second-order valence-corrected chi connectivity index (χ2v) is 7.70. The summed E-state index contributed by atoms with van der Waals surface area (Å²) in [4.78, 5) is 31.2. The van der Waals surface area contributed by atoms with Crippen molar-refractivity contribution in [1.82, 2.24) is 9.88 Å². The highest BCUT2D eigenvalue weighted by Gasteiger charge is 2.45. The number of Topliss-reactive ketones (excluding diaryl/α,β-unsaturated/α-hetero) is 1. The van der Waals surface area contributed by atoms with Crippen molar-refractivity contribution < 1.29 is 24.2 Å². The number of aliphatic hydroxyl groups excluding tert-OH is 1. The predicted octanol–water partition coefficient (Wildman–Crippen LogP) is 4.11. The van der Waals surface area contributed by atoms with Gasteiger partial charge in [-0.2, -0.15) is 0 Å². The zero-order chi connectivity index (χ0) is 22.9. The fourth-order valence-electron chi connectivity index (χ4n) is 3.79. The maximum atomic E-state index is 12.9. The van der Waals surface area contributed by atoms with Crippen molar-refractivity contribution in [2.75, 3.05) is 26.9 Å². The number of likely N-dealkylation sites (tertiary alicyclic amines) is 1. The summed E-state index contributed by atoms with van der Waals surface area (Å²) in [6.07, 6.45) is 6.87. The van der Waals surface area contributed by atoms with E-state index >= 15 is 0 Å². The Bertz CT molecular complexity index is 941. The zero-order valence-corrected chi connectivity index (χ0v) is 18.6. The van der Waals surface area contributed by atoms with Gasteiger partial charge in [0.15, 0.2) is 0 Å². The third-order valence-corrected chi connectivity index (χ3v) is 5.45. The number of carbonyl (C=O) groups excluding carboxylic acids is 2. The summed E-state index contributed by atoms with van der Waals surface area (Å²) in [7, 11) is 1.59. The molecule has 1 aliphatic rings. The van der Waals surface area contributed by atoms with Crippen LogP contribution in [-0.2, 0) is 14.3 Å². The molecule has 0 spiro atoms. The lowest BCUT2D eigenvalue weighted by molar-refractivity contribution is -0.140. The maximum absolute atomic E-state index is 12.9. The quantitative estimate of drug-likeness (QED) is 0.246. The standard InChI is InChI=1S/C25H30N2O5/c1-3-4-5-17-32-20-9-7-18(8-10-20)22-21(23(28)19-11-13-26-14-12-19)24(29)25(30)27(22)15-6-16-31-2/h7-14,22,28H,3-6,15-17H2,1-2H3/b23-21+. The van der Waals surface area contributed by atoms with Gasteiger partial charge in [-0.3, -0.25) is 14.6 Å². The second-order valence-electron chi connectivity index (χ2n) is 7.70. The van der Waals surface area contributed by atoms with Gasteiger partial charge in [0.1, 0.15) is 11.5 Å². The molecule has 1 amide bonds. The molecule has 7 heteroatoms. The van der Waals surface area contributed by atoms with Gasteiger partial charge < -0.3 is 19.5 Å². The van der Waals surface area contributed by atoms with E-state index in [0.717, 1.165) is 30.6 Å². The molecular weight excluding hydrogens is 408 g/mol. The number of nitrogens with zero attached hydrogens (tertiary/aromatic N) is 2. The zero-order valence-electron chi connectivity index (χ0n) is 18.6. The van der Waals surface area contributed by atoms with Crippen molar-refractivity contribution in [1.29, 1.82) is 0 Å². The molecule has 1 N–H and O–H groups in total. The molecule has 1 unspecified atom stereocenters. The highest BCUT2D eigenvalue weighted by atomic mass is 16.5. The SMILES string of the molecule is CCCCCOc1ccc(C2/C(=C(\O)c3ccncc3)C(=O)C(=O)N2CCCOC)cc1. The number of amides is 1. The molecule has 32 heavy (non-hydrogen) atoms. The van der Waals surface area contributed by atoms with Crippen LogP contribution in [-0.4, -0.2) is 53.5 Å². The average molecular weight is 439 g/mol. The van der Waals surface area contributed by atoms with Gasteiger partial charge >= 0.3 is 0 Å². The van der Waals surface area contributed by atoms with Crippen molar-refractivity contribution in [3.63, 3.8) is 0 Å². The van der Waals surface area contributed by atoms with Crippen molar-refractivity contribution in [3.05, 3.63) is 65.5 Å². The van der Waals surface area contributed by atoms with Gasteiger partial charge in [-0.05, 0) is 42.7 Å². The lowest BCUT2D eigenvalue weighted by atomic mass is 9.95. The molecule has 1 atom stereocenters. The number of carbonyl (C=O) groups is 2. The number of methoxy groups -OCH3 is 1. The van der Waals surface area contributed by atoms with Crippen LogP contribution in [0.1, 0.15) is 49.8 Å². The van der Waals surface area contributed by atoms with Crippen LogP contribution in [0.25, 0.3) is 5.76 Å². The number of ketones is 1.